The molecule has 0 atom stereocenters. The summed E-state index contributed by atoms with van der Waals surface area (Å²) in [6.07, 6.45) is 2.55. The lowest BCUT2D eigenvalue weighted by atomic mass is 10.0. The number of carbonyl (C=O) groups is 1. The third-order valence-electron chi connectivity index (χ3n) is 3.61. The third kappa shape index (κ3) is 5.95. The molecule has 0 aliphatic heterocycles. The highest BCUT2D eigenvalue weighted by molar-refractivity contribution is 6.04. The van der Waals surface area contributed by atoms with Gasteiger partial charge in [0, 0.05) is 16.9 Å². The summed E-state index contributed by atoms with van der Waals surface area (Å²) in [5.74, 6) is -0.102. The number of nitrogens with two attached hydrogens (primary N) is 1. The first-order valence-electron chi connectivity index (χ1n) is 8.49. The molecule has 0 spiro atoms. The number of benzene rings is 3. The van der Waals surface area contributed by atoms with Crippen LogP contribution in [-0.4, -0.2) is 5.91 Å². The summed E-state index contributed by atoms with van der Waals surface area (Å²) in [4.78, 5) is 12.2. The van der Waals surface area contributed by atoms with Gasteiger partial charge < -0.3 is 11.1 Å². The lowest BCUT2D eigenvalue weighted by molar-refractivity contribution is 0.102. The number of anilines is 2. The summed E-state index contributed by atoms with van der Waals surface area (Å²) in [5.41, 5.74) is 10.2. The van der Waals surface area contributed by atoms with Crippen molar-refractivity contribution < 1.29 is 4.79 Å². The van der Waals surface area contributed by atoms with Gasteiger partial charge in [0.2, 0.25) is 0 Å². The SMILES string of the molecule is C=CC.Nc1ccc(Cc2cccc(NC(=O)c3ccccc3)c2)cc1. The molecule has 0 aromatic heterocycles. The maximum absolute atomic E-state index is 12.2. The van der Waals surface area contributed by atoms with E-state index >= 15 is 0 Å². The number of carbonyl (C=O) groups excluding carboxylic acids is 1. The smallest absolute Gasteiger partial charge is 0.255 e. The molecule has 0 radical (unpaired) electrons. The van der Waals surface area contributed by atoms with E-state index in [-0.39, 0.29) is 5.91 Å². The van der Waals surface area contributed by atoms with E-state index in [9.17, 15) is 4.79 Å². The highest BCUT2D eigenvalue weighted by atomic mass is 16.1. The summed E-state index contributed by atoms with van der Waals surface area (Å²) in [6.45, 7) is 5.25. The van der Waals surface area contributed by atoms with Crippen LogP contribution in [0.1, 0.15) is 28.4 Å². The van der Waals surface area contributed by atoms with Gasteiger partial charge in [-0.2, -0.15) is 0 Å². The molecule has 0 bridgehead atoms. The molecule has 0 saturated heterocycles. The van der Waals surface area contributed by atoms with Crippen LogP contribution >= 0.6 is 0 Å². The second-order valence-corrected chi connectivity index (χ2v) is 5.85. The molecular weight excluding hydrogens is 320 g/mol. The summed E-state index contributed by atoms with van der Waals surface area (Å²) >= 11 is 0. The molecule has 0 aliphatic carbocycles. The first kappa shape index (κ1) is 19.0. The van der Waals surface area contributed by atoms with E-state index in [1.54, 1.807) is 18.2 Å². The molecule has 3 rings (SSSR count). The normalized spacial score (nSPS) is 9.58. The zero-order valence-corrected chi connectivity index (χ0v) is 15.0. The van der Waals surface area contributed by atoms with E-state index in [2.05, 4.69) is 18.0 Å². The number of allylic oxidation sites excluding steroid dienone is 1. The number of nitrogen functional groups attached to an aromatic ring is 1. The Bertz CT molecular complexity index is 840. The predicted molar refractivity (Wildman–Crippen MR) is 110 cm³/mol. The van der Waals surface area contributed by atoms with Crippen molar-refractivity contribution in [2.75, 3.05) is 11.1 Å². The standard InChI is InChI=1S/C20H18N2O.C3H6/c21-18-11-9-15(10-12-18)13-16-5-4-8-19(14-16)22-20(23)17-6-2-1-3-7-17;1-3-2/h1-12,14H,13,21H2,(H,22,23);3H,1H2,2H3. The Morgan fingerprint density at radius 3 is 2.27 bits per heavy atom. The molecule has 0 heterocycles. The van der Waals surface area contributed by atoms with Crippen molar-refractivity contribution in [2.45, 2.75) is 13.3 Å². The van der Waals surface area contributed by atoms with Crippen molar-refractivity contribution in [2.24, 2.45) is 0 Å². The second kappa shape index (κ2) is 9.84. The van der Waals surface area contributed by atoms with Gasteiger partial charge in [0.05, 0.1) is 0 Å². The van der Waals surface area contributed by atoms with E-state index in [1.165, 1.54) is 5.56 Å². The second-order valence-electron chi connectivity index (χ2n) is 5.85. The fourth-order valence-corrected chi connectivity index (χ4v) is 2.42. The third-order valence-corrected chi connectivity index (χ3v) is 3.61. The molecule has 132 valence electrons. The van der Waals surface area contributed by atoms with Crippen LogP contribution in [0.4, 0.5) is 11.4 Å². The van der Waals surface area contributed by atoms with Crippen molar-refractivity contribution in [1.29, 1.82) is 0 Å². The minimum Gasteiger partial charge on any atom is -0.399 e. The molecule has 3 N–H and O–H groups in total. The van der Waals surface area contributed by atoms with Gasteiger partial charge in [0.25, 0.3) is 5.91 Å². The molecular formula is C23H24N2O. The summed E-state index contributed by atoms with van der Waals surface area (Å²) in [5, 5.41) is 2.93. The molecule has 1 amide bonds. The van der Waals surface area contributed by atoms with Crippen LogP contribution in [0.2, 0.25) is 0 Å². The largest absolute Gasteiger partial charge is 0.399 e. The Hall–Kier alpha value is -3.33. The summed E-state index contributed by atoms with van der Waals surface area (Å²) in [6, 6.07) is 24.9. The van der Waals surface area contributed by atoms with Crippen molar-refractivity contribution in [3.05, 3.63) is 108 Å². The number of nitrogens with one attached hydrogen (secondary N) is 1. The van der Waals surface area contributed by atoms with Crippen LogP contribution in [-0.2, 0) is 6.42 Å². The highest BCUT2D eigenvalue weighted by Gasteiger charge is 2.05. The van der Waals surface area contributed by atoms with Crippen LogP contribution in [0.5, 0.6) is 0 Å². The fourth-order valence-electron chi connectivity index (χ4n) is 2.42. The van der Waals surface area contributed by atoms with E-state index < -0.39 is 0 Å². The highest BCUT2D eigenvalue weighted by Crippen LogP contribution is 2.16. The van der Waals surface area contributed by atoms with Gasteiger partial charge in [-0.1, -0.05) is 48.5 Å². The van der Waals surface area contributed by atoms with E-state index in [4.69, 9.17) is 5.73 Å². The average Bonchev–Trinajstić information content (AvgIpc) is 2.65. The molecule has 3 aromatic carbocycles. The minimum absolute atomic E-state index is 0.102. The van der Waals surface area contributed by atoms with E-state index in [0.29, 0.717) is 5.56 Å². The fraction of sp³-hybridized carbons (Fsp3) is 0.0870. The number of hydrogen-bond donors (Lipinski definition) is 2. The molecule has 3 heteroatoms. The molecule has 0 unspecified atom stereocenters. The average molecular weight is 344 g/mol. The van der Waals surface area contributed by atoms with Gasteiger partial charge >= 0.3 is 0 Å². The van der Waals surface area contributed by atoms with Crippen LogP contribution in [0.25, 0.3) is 0 Å². The Morgan fingerprint density at radius 1 is 0.962 bits per heavy atom. The molecule has 0 aliphatic rings. The Labute approximate surface area is 155 Å². The Balaban J connectivity index is 0.000000758. The summed E-state index contributed by atoms with van der Waals surface area (Å²) in [7, 11) is 0. The van der Waals surface area contributed by atoms with Crippen LogP contribution in [0, 0.1) is 0 Å². The Morgan fingerprint density at radius 2 is 1.62 bits per heavy atom. The molecule has 3 nitrogen and oxygen atoms in total. The molecule has 26 heavy (non-hydrogen) atoms. The lowest BCUT2D eigenvalue weighted by Gasteiger charge is -2.08. The monoisotopic (exact) mass is 344 g/mol. The minimum atomic E-state index is -0.102. The number of rotatable bonds is 4. The van der Waals surface area contributed by atoms with Gasteiger partial charge in [0.1, 0.15) is 0 Å². The predicted octanol–water partition coefficient (Wildman–Crippen LogP) is 5.30. The van der Waals surface area contributed by atoms with Crippen LogP contribution in [0.3, 0.4) is 0 Å². The topological polar surface area (TPSA) is 55.1 Å². The van der Waals surface area contributed by atoms with E-state index in [1.807, 2.05) is 67.6 Å². The van der Waals surface area contributed by atoms with Gasteiger partial charge in [-0.25, -0.2) is 0 Å². The van der Waals surface area contributed by atoms with Gasteiger partial charge in [0.15, 0.2) is 0 Å². The Kier molecular flexibility index (Phi) is 7.19. The first-order valence-corrected chi connectivity index (χ1v) is 8.49. The van der Waals surface area contributed by atoms with E-state index in [0.717, 1.165) is 23.4 Å². The first-order chi connectivity index (χ1) is 12.6. The van der Waals surface area contributed by atoms with Gasteiger partial charge in [-0.3, -0.25) is 4.79 Å². The summed E-state index contributed by atoms with van der Waals surface area (Å²) < 4.78 is 0. The quantitative estimate of drug-likeness (QED) is 0.498. The van der Waals surface area contributed by atoms with Crippen molar-refractivity contribution >= 4 is 17.3 Å². The van der Waals surface area contributed by atoms with Gasteiger partial charge in [-0.15, -0.1) is 6.58 Å². The van der Waals surface area contributed by atoms with Crippen molar-refractivity contribution in [3.63, 3.8) is 0 Å². The maximum Gasteiger partial charge on any atom is 0.255 e. The zero-order valence-electron chi connectivity index (χ0n) is 15.0. The van der Waals surface area contributed by atoms with Crippen molar-refractivity contribution in [3.8, 4) is 0 Å². The van der Waals surface area contributed by atoms with Crippen LogP contribution < -0.4 is 11.1 Å². The van der Waals surface area contributed by atoms with Crippen molar-refractivity contribution in [1.82, 2.24) is 0 Å². The molecule has 3 aromatic rings. The number of hydrogen-bond acceptors (Lipinski definition) is 2. The zero-order chi connectivity index (χ0) is 18.8. The maximum atomic E-state index is 12.2. The van der Waals surface area contributed by atoms with Crippen LogP contribution in [0.15, 0.2) is 91.5 Å². The molecule has 0 fully saturated rings. The van der Waals surface area contributed by atoms with Gasteiger partial charge in [-0.05, 0) is 60.9 Å². The lowest BCUT2D eigenvalue weighted by Crippen LogP contribution is -2.11. The molecule has 0 saturated carbocycles. The number of amides is 1.